The predicted octanol–water partition coefficient (Wildman–Crippen LogP) is 5.22. The van der Waals surface area contributed by atoms with Crippen LogP contribution in [-0.4, -0.2) is 45.0 Å². The van der Waals surface area contributed by atoms with Gasteiger partial charge in [-0.3, -0.25) is 0 Å². The third-order valence-electron chi connectivity index (χ3n) is 6.56. The molecular weight excluding hydrogens is 364 g/mol. The van der Waals surface area contributed by atoms with Crippen LogP contribution in [0.2, 0.25) is 0 Å². The lowest BCUT2D eigenvalue weighted by atomic mass is 9.71. The van der Waals surface area contributed by atoms with E-state index in [1.54, 1.807) is 7.11 Å². The van der Waals surface area contributed by atoms with Crippen LogP contribution >= 0.6 is 0 Å². The van der Waals surface area contributed by atoms with Crippen molar-refractivity contribution in [3.63, 3.8) is 0 Å². The summed E-state index contributed by atoms with van der Waals surface area (Å²) in [5.74, 6) is 1.29. The molecule has 1 saturated heterocycles. The van der Waals surface area contributed by atoms with Crippen molar-refractivity contribution >= 4 is 11.8 Å². The summed E-state index contributed by atoms with van der Waals surface area (Å²) in [6, 6.07) is 6.33. The van der Waals surface area contributed by atoms with Gasteiger partial charge >= 0.3 is 6.09 Å². The number of ether oxygens (including phenoxy) is 2. The largest absolute Gasteiger partial charge is 0.521 e. The van der Waals surface area contributed by atoms with Gasteiger partial charge in [0, 0.05) is 24.7 Å². The van der Waals surface area contributed by atoms with Crippen molar-refractivity contribution in [2.75, 3.05) is 33.3 Å². The Morgan fingerprint density at radius 3 is 2.31 bits per heavy atom. The lowest BCUT2D eigenvalue weighted by molar-refractivity contribution is 0.0238. The van der Waals surface area contributed by atoms with Gasteiger partial charge in [0.2, 0.25) is 0 Å². The van der Waals surface area contributed by atoms with Crippen molar-refractivity contribution in [3.8, 4) is 5.75 Å². The second-order valence-corrected chi connectivity index (χ2v) is 10.5. The summed E-state index contributed by atoms with van der Waals surface area (Å²) < 4.78 is 11.8. The molecule has 1 amide bonds. The van der Waals surface area contributed by atoms with E-state index in [4.69, 9.17) is 9.47 Å². The van der Waals surface area contributed by atoms with E-state index in [0.717, 1.165) is 24.5 Å². The molecule has 0 aromatic heterocycles. The average molecular weight is 404 g/mol. The lowest BCUT2D eigenvalue weighted by Crippen LogP contribution is -2.64. The summed E-state index contributed by atoms with van der Waals surface area (Å²) in [5.41, 5.74) is 2.27. The van der Waals surface area contributed by atoms with E-state index in [9.17, 15) is 4.79 Å². The van der Waals surface area contributed by atoms with Gasteiger partial charge in [0.15, 0.2) is 5.69 Å². The number of carbonyl (C=O) groups is 1. The molecule has 1 saturated carbocycles. The Balaban J connectivity index is 2.05. The van der Waals surface area contributed by atoms with Crippen molar-refractivity contribution in [1.82, 2.24) is 9.80 Å². The Labute approximate surface area is 176 Å². The van der Waals surface area contributed by atoms with Gasteiger partial charge in [-0.2, -0.15) is 9.28 Å². The molecule has 1 aliphatic carbocycles. The molecule has 1 aromatic rings. The second-order valence-electron chi connectivity index (χ2n) is 10.5. The maximum Gasteiger partial charge on any atom is 0.521 e. The van der Waals surface area contributed by atoms with Crippen LogP contribution < -0.4 is 14.5 Å². The highest BCUT2D eigenvalue weighted by Gasteiger charge is 2.47. The zero-order chi connectivity index (χ0) is 21.3. The monoisotopic (exact) mass is 403 g/mol. The Bertz CT molecular complexity index is 720. The molecule has 3 rings (SSSR count). The van der Waals surface area contributed by atoms with Crippen molar-refractivity contribution in [3.05, 3.63) is 23.8 Å². The standard InChI is InChI=1S/C24H39N2O3/c1-23(2,3)29-22(27)26(15-13-25-14-16-26)21-17-19(28-6)7-8-20(21)18-9-11-24(4,5)12-10-18/h7-8,17-18,25H,9-16H2,1-6H3/q+1. The summed E-state index contributed by atoms with van der Waals surface area (Å²) in [6.07, 6.45) is 4.62. The number of nitrogens with one attached hydrogen (secondary N) is 1. The van der Waals surface area contributed by atoms with Crippen molar-refractivity contribution in [2.45, 2.75) is 71.8 Å². The van der Waals surface area contributed by atoms with Gasteiger partial charge in [-0.25, -0.2) is 0 Å². The molecule has 0 atom stereocenters. The molecule has 5 nitrogen and oxygen atoms in total. The quantitative estimate of drug-likeness (QED) is 0.703. The number of hydrogen-bond donors (Lipinski definition) is 1. The first-order chi connectivity index (χ1) is 13.6. The van der Waals surface area contributed by atoms with E-state index in [0.29, 0.717) is 24.4 Å². The number of hydrogen-bond acceptors (Lipinski definition) is 4. The van der Waals surface area contributed by atoms with E-state index in [1.807, 2.05) is 26.8 Å². The number of methoxy groups -OCH3 is 1. The average Bonchev–Trinajstić information content (AvgIpc) is 2.67. The van der Waals surface area contributed by atoms with Crippen LogP contribution in [0.15, 0.2) is 18.2 Å². The normalized spacial score (nSPS) is 22.1. The first-order valence-electron chi connectivity index (χ1n) is 11.1. The topological polar surface area (TPSA) is 47.6 Å². The summed E-state index contributed by atoms with van der Waals surface area (Å²) >= 11 is 0. The Morgan fingerprint density at radius 1 is 1.14 bits per heavy atom. The highest BCUT2D eigenvalue weighted by molar-refractivity contribution is 5.84. The van der Waals surface area contributed by atoms with E-state index >= 15 is 0 Å². The third kappa shape index (κ3) is 4.95. The van der Waals surface area contributed by atoms with Crippen LogP contribution in [0.5, 0.6) is 5.75 Å². The molecule has 1 heterocycles. The number of benzene rings is 1. The molecular formula is C24H39N2O3+. The summed E-state index contributed by atoms with van der Waals surface area (Å²) in [5, 5.41) is 3.41. The number of quaternary nitrogens is 1. The Hall–Kier alpha value is -1.59. The van der Waals surface area contributed by atoms with Gasteiger partial charge in [-0.15, -0.1) is 0 Å². The van der Waals surface area contributed by atoms with Crippen LogP contribution in [0.1, 0.15) is 71.8 Å². The molecule has 1 aromatic carbocycles. The molecule has 0 unspecified atom stereocenters. The number of rotatable bonds is 3. The predicted molar refractivity (Wildman–Crippen MR) is 119 cm³/mol. The van der Waals surface area contributed by atoms with Crippen molar-refractivity contribution in [1.29, 1.82) is 0 Å². The molecule has 1 N–H and O–H groups in total. The zero-order valence-corrected chi connectivity index (χ0v) is 19.1. The summed E-state index contributed by atoms with van der Waals surface area (Å²) in [4.78, 5) is 13.6. The van der Waals surface area contributed by atoms with E-state index in [1.165, 1.54) is 31.2 Å². The molecule has 162 valence electrons. The van der Waals surface area contributed by atoms with Gasteiger partial charge in [0.1, 0.15) is 24.4 Å². The molecule has 29 heavy (non-hydrogen) atoms. The highest BCUT2D eigenvalue weighted by Crippen LogP contribution is 2.47. The van der Waals surface area contributed by atoms with Crippen LogP contribution in [0.25, 0.3) is 0 Å². The Kier molecular flexibility index (Phi) is 6.30. The second kappa shape index (κ2) is 8.27. The minimum atomic E-state index is -0.513. The molecule has 2 aliphatic rings. The maximum atomic E-state index is 13.6. The van der Waals surface area contributed by atoms with Crippen LogP contribution in [0, 0.1) is 5.41 Å². The molecule has 2 fully saturated rings. The Morgan fingerprint density at radius 2 is 1.76 bits per heavy atom. The van der Waals surface area contributed by atoms with Gasteiger partial charge in [0.25, 0.3) is 0 Å². The highest BCUT2D eigenvalue weighted by atomic mass is 16.6. The number of carbonyl (C=O) groups excluding carboxylic acids is 1. The molecule has 0 spiro atoms. The van der Waals surface area contributed by atoms with Gasteiger partial charge < -0.3 is 14.8 Å². The lowest BCUT2D eigenvalue weighted by Gasteiger charge is -2.41. The minimum absolute atomic E-state index is 0.148. The van der Waals surface area contributed by atoms with Gasteiger partial charge in [-0.1, -0.05) is 13.8 Å². The van der Waals surface area contributed by atoms with Crippen LogP contribution in [0.4, 0.5) is 10.5 Å². The third-order valence-corrected chi connectivity index (χ3v) is 6.56. The fraction of sp³-hybridized carbons (Fsp3) is 0.708. The fourth-order valence-electron chi connectivity index (χ4n) is 4.72. The van der Waals surface area contributed by atoms with Gasteiger partial charge in [-0.05, 0) is 69.9 Å². The number of nitrogens with zero attached hydrogens (tertiary/aromatic N) is 1. The SMILES string of the molecule is COc1ccc(C2CCC(C)(C)CC2)c([N+]2(C(=O)OC(C)(C)C)CCNCC2)c1. The molecule has 1 aliphatic heterocycles. The first-order valence-corrected chi connectivity index (χ1v) is 11.1. The van der Waals surface area contributed by atoms with Crippen LogP contribution in [-0.2, 0) is 4.74 Å². The van der Waals surface area contributed by atoms with Crippen molar-refractivity contribution < 1.29 is 14.3 Å². The minimum Gasteiger partial charge on any atom is -0.497 e. The molecule has 0 radical (unpaired) electrons. The fourth-order valence-corrected chi connectivity index (χ4v) is 4.72. The van der Waals surface area contributed by atoms with Crippen molar-refractivity contribution in [2.24, 2.45) is 5.41 Å². The van der Waals surface area contributed by atoms with E-state index < -0.39 is 5.60 Å². The first kappa shape index (κ1) is 22.1. The maximum absolute atomic E-state index is 13.6. The zero-order valence-electron chi connectivity index (χ0n) is 19.1. The summed E-state index contributed by atoms with van der Waals surface area (Å²) in [6.45, 7) is 13.6. The molecule has 5 heteroatoms. The van der Waals surface area contributed by atoms with Gasteiger partial charge in [0.05, 0.1) is 7.11 Å². The number of amides is 1. The van der Waals surface area contributed by atoms with Crippen LogP contribution in [0.3, 0.4) is 0 Å². The summed E-state index contributed by atoms with van der Waals surface area (Å²) in [7, 11) is 1.69. The number of piperazine rings is 1. The van der Waals surface area contributed by atoms with E-state index in [2.05, 4.69) is 31.3 Å². The smallest absolute Gasteiger partial charge is 0.497 e. The van der Waals surface area contributed by atoms with E-state index in [-0.39, 0.29) is 10.6 Å². The molecule has 0 bridgehead atoms.